The van der Waals surface area contributed by atoms with Crippen LogP contribution in [-0.4, -0.2) is 275 Å². The molecule has 0 radical (unpaired) electrons. The number of carbonyl (C=O) groups excluding carboxylic acids is 17. The van der Waals surface area contributed by atoms with E-state index in [-0.39, 0.29) is 57.6 Å². The van der Waals surface area contributed by atoms with Crippen molar-refractivity contribution in [3.05, 3.63) is 71.9 Å². The molecule has 2 aliphatic rings. The molecule has 0 bridgehead atoms. The van der Waals surface area contributed by atoms with Gasteiger partial charge in [-0.05, 0) is 92.7 Å². The maximum atomic E-state index is 15.4. The van der Waals surface area contributed by atoms with E-state index in [1.165, 1.54) is 4.90 Å². The van der Waals surface area contributed by atoms with E-state index in [9.17, 15) is 70.8 Å². The molecule has 0 aliphatic carbocycles. The highest BCUT2D eigenvalue weighted by Gasteiger charge is 2.46. The lowest BCUT2D eigenvalue weighted by Crippen LogP contribution is -2.78. The predicted molar refractivity (Wildman–Crippen MR) is 435 cm³/mol. The van der Waals surface area contributed by atoms with Crippen molar-refractivity contribution in [2.75, 3.05) is 39.5 Å². The van der Waals surface area contributed by atoms with Crippen molar-refractivity contribution in [1.82, 2.24) is 78.2 Å². The van der Waals surface area contributed by atoms with Gasteiger partial charge in [0, 0.05) is 57.0 Å². The summed E-state index contributed by atoms with van der Waals surface area (Å²) in [4.78, 5) is 249. The molecule has 3 aromatic rings. The molecule has 668 valence electrons. The van der Waals surface area contributed by atoms with Crippen LogP contribution in [-0.2, 0) is 109 Å². The molecule has 0 spiro atoms. The Labute approximate surface area is 701 Å². The number of H-pyrrole nitrogens is 1. The summed E-state index contributed by atoms with van der Waals surface area (Å²) in [6.07, 6.45) is -4.51. The second-order valence-electron chi connectivity index (χ2n) is 32.8. The van der Waals surface area contributed by atoms with Gasteiger partial charge in [-0.3, -0.25) is 98.0 Å². The van der Waals surface area contributed by atoms with Gasteiger partial charge in [0.15, 0.2) is 0 Å². The lowest BCUT2D eigenvalue weighted by Gasteiger charge is -2.37. The topological polar surface area (TPSA) is 653 Å². The Morgan fingerprint density at radius 3 is 1.86 bits per heavy atom. The number of fused-ring (bicyclic) bond motifs is 1. The van der Waals surface area contributed by atoms with Gasteiger partial charge in [0.2, 0.25) is 95.0 Å². The average Bonchev–Trinajstić information content (AvgIpc) is 1.80. The van der Waals surface area contributed by atoms with Crippen LogP contribution in [0.4, 0.5) is 0 Å². The number of nitrogens with one attached hydrogen (secondary N) is 13. The summed E-state index contributed by atoms with van der Waals surface area (Å²) >= 11 is 0. The largest absolute Gasteiger partial charge is 0.748 e. The van der Waals surface area contributed by atoms with Gasteiger partial charge in [0.05, 0.1) is 34.9 Å². The first kappa shape index (κ1) is 99.7. The number of cyclic esters (lactones) is 1. The lowest BCUT2D eigenvalue weighted by molar-refractivity contribution is -0.459. The molecular formula is C78H118N20O22S. The Balaban J connectivity index is 1.56. The van der Waals surface area contributed by atoms with Crippen LogP contribution in [0.1, 0.15) is 145 Å². The molecule has 22 N–H and O–H groups in total. The van der Waals surface area contributed by atoms with Crippen molar-refractivity contribution in [3.63, 3.8) is 0 Å². The molecule has 16 amide bonds. The van der Waals surface area contributed by atoms with Crippen molar-refractivity contribution in [2.24, 2.45) is 39.7 Å². The van der Waals surface area contributed by atoms with Crippen LogP contribution in [0.3, 0.4) is 0 Å². The Morgan fingerprint density at radius 1 is 0.694 bits per heavy atom. The number of amides is 16. The minimum atomic E-state index is -5.68. The number of hydrogen-bond acceptors (Lipinski definition) is 22. The summed E-state index contributed by atoms with van der Waals surface area (Å²) in [7, 11) is -3.71. The molecule has 2 aromatic carbocycles. The molecule has 5 rings (SSSR count). The highest BCUT2D eigenvalue weighted by Crippen LogP contribution is 2.28. The third kappa shape index (κ3) is 30.4. The van der Waals surface area contributed by atoms with Crippen molar-refractivity contribution >= 4 is 128 Å². The summed E-state index contributed by atoms with van der Waals surface area (Å²) in [6.45, 7) is 15.6. The van der Waals surface area contributed by atoms with Gasteiger partial charge >= 0.3 is 11.9 Å². The van der Waals surface area contributed by atoms with Crippen LogP contribution in [0, 0.1) is 16.7 Å². The standard InChI is InChI=1S/C78H118N20O22S/c1-14-46(85-39-99)63(104)89-51(33-43-22-16-15-17-23-43)74(115)98-31-21-27-55(98)69(110)94-62(78(9,10)11)72(113)95-61(77(6,7)8)71(112)88-50(34-44-36-84-47-25-19-18-24-45(44)47)65(106)86-48(26-20-30-83-76(81)82)64(105)91-53(38-121(117,118)119)67(108)93-60-42(5)120-58(103)37-96(12)73(114)52(35-57(80)102)90-70(111)59(41(4)100)92-66(107)49(32-40(2)3)87-68(109)54(28-29-56(79)101)97(13)75(60)116/h15-19,22-25,36,39-42,46,48-55,59-62,84,100H,14,20-21,26-35,37-38H2,1-13H3,(H2,79,101)(H2,80,102)(H,85,99)(H,86,106)(H,87,109)(H,88,112)(H,89,104)(H,90,111)(H,91,105)(H,92,107)(H,93,108)(H,94,110)(H,95,113)(H4,81,82,83)(H,117,118,119)/t41-,42-,46-,48+,49-,50-,51+,52+,53-,54+,55+,59+,60?,61?,62?/m1/s1. The number of likely N-dealkylation sites (tertiary alicyclic amines) is 1. The zero-order chi connectivity index (χ0) is 90.9. The maximum absolute atomic E-state index is 15.4. The highest BCUT2D eigenvalue weighted by molar-refractivity contribution is 7.85. The van der Waals surface area contributed by atoms with Gasteiger partial charge in [-0.2, -0.15) is 0 Å². The Morgan fingerprint density at radius 2 is 1.27 bits per heavy atom. The SMILES string of the molecule is CC[C@@H](NC=O)C(=O)N[C@@H](Cc1ccccc1)C(=O)N1CCC[C@H]1C(=O)NC(C(=O)NC(C(=O)N[C@H](Cc1c[nH]c2ccccc12)C(=O)N[C@@H](CCC[NH+]=C(N)N)C(=O)N[C@H](CS(=O)(=O)[O-])C(=O)NC1C(=O)N(C)[C@@H](CCC(N)=O)C(=O)N[C@H](CC(C)C)C(=O)N[C@@H]([C@@H](C)O)C(=O)N[C@@H](CC(N)=O)C(=O)N(C)CC(=O)O[C@@H]1C)C(C)(C)C)C(C)(C)C. The summed E-state index contributed by atoms with van der Waals surface area (Å²) in [5, 5.41) is 38.7. The van der Waals surface area contributed by atoms with Crippen LogP contribution in [0.25, 0.3) is 10.9 Å². The highest BCUT2D eigenvalue weighted by atomic mass is 32.2. The quantitative estimate of drug-likeness (QED) is 0.00642. The van der Waals surface area contributed by atoms with Gasteiger partial charge in [-0.25, -0.2) is 8.42 Å². The number of hydrogen-bond donors (Lipinski definition) is 18. The van der Waals surface area contributed by atoms with E-state index in [1.807, 2.05) is 0 Å². The molecule has 15 atom stereocenters. The third-order valence-electron chi connectivity index (χ3n) is 20.2. The van der Waals surface area contributed by atoms with Crippen molar-refractivity contribution in [2.45, 2.75) is 238 Å². The number of aromatic amines is 1. The number of guanidine groups is 1. The average molecular weight is 1720 g/mol. The number of aromatic nitrogens is 1. The van der Waals surface area contributed by atoms with Crippen LogP contribution < -0.4 is 86.4 Å². The van der Waals surface area contributed by atoms with Crippen molar-refractivity contribution < 1.29 is 109 Å². The first-order valence-electron chi connectivity index (χ1n) is 39.6. The Bertz CT molecular complexity index is 4390. The zero-order valence-corrected chi connectivity index (χ0v) is 71.1. The molecule has 1 aromatic heterocycles. The summed E-state index contributed by atoms with van der Waals surface area (Å²) in [5.41, 5.74) is 21.6. The molecule has 121 heavy (non-hydrogen) atoms. The van der Waals surface area contributed by atoms with E-state index in [4.69, 9.17) is 27.7 Å². The summed E-state index contributed by atoms with van der Waals surface area (Å²) in [6, 6.07) is -6.59. The van der Waals surface area contributed by atoms with Gasteiger partial charge in [0.1, 0.15) is 91.2 Å². The third-order valence-corrected chi connectivity index (χ3v) is 21.0. The molecule has 2 saturated heterocycles. The number of ether oxygens (including phenoxy) is 1. The monoisotopic (exact) mass is 1720 g/mol. The second-order valence-corrected chi connectivity index (χ2v) is 34.2. The van der Waals surface area contributed by atoms with Crippen LogP contribution >= 0.6 is 0 Å². The molecule has 42 nitrogen and oxygen atoms in total. The van der Waals surface area contributed by atoms with E-state index in [1.54, 1.807) is 123 Å². The fourth-order valence-electron chi connectivity index (χ4n) is 13.8. The fourth-order valence-corrected chi connectivity index (χ4v) is 14.4. The number of primary amides is 2. The molecule has 2 fully saturated rings. The number of aliphatic hydroxyl groups excluding tert-OH is 1. The van der Waals surface area contributed by atoms with E-state index < -0.39 is 250 Å². The number of rotatable bonds is 36. The molecule has 3 heterocycles. The van der Waals surface area contributed by atoms with Crippen molar-refractivity contribution in [1.29, 1.82) is 0 Å². The van der Waals surface area contributed by atoms with Crippen LogP contribution in [0.15, 0.2) is 60.8 Å². The molecule has 0 saturated carbocycles. The number of likely N-dealkylation sites (N-methyl/N-ethyl adjacent to an activating group) is 2. The second kappa shape index (κ2) is 45.0. The number of nitrogens with two attached hydrogens (primary N) is 4. The minimum Gasteiger partial charge on any atom is -0.748 e. The number of para-hydroxylation sites is 1. The number of esters is 1. The predicted octanol–water partition coefficient (Wildman–Crippen LogP) is -7.11. The number of nitrogens with zero attached hydrogens (tertiary/aromatic N) is 3. The van der Waals surface area contributed by atoms with Gasteiger partial charge in [-0.15, -0.1) is 0 Å². The molecule has 3 unspecified atom stereocenters. The number of aliphatic hydroxyl groups is 1. The molecule has 2 aliphatic heterocycles. The molecular weight excluding hydrogens is 1600 g/mol. The molecule has 43 heteroatoms. The first-order chi connectivity index (χ1) is 56.5. The van der Waals surface area contributed by atoms with E-state index in [0.717, 1.165) is 27.9 Å². The maximum Gasteiger partial charge on any atom is 0.338 e. The van der Waals surface area contributed by atoms with Gasteiger partial charge in [0.25, 0.3) is 0 Å². The van der Waals surface area contributed by atoms with Gasteiger partial charge < -0.3 is 104 Å². The normalized spacial score (nSPS) is 20.7. The van der Waals surface area contributed by atoms with Crippen LogP contribution in [0.2, 0.25) is 0 Å². The summed E-state index contributed by atoms with van der Waals surface area (Å²) in [5.74, 6) is -20.4. The Kier molecular flexibility index (Phi) is 37.0. The smallest absolute Gasteiger partial charge is 0.338 e. The van der Waals surface area contributed by atoms with E-state index in [2.05, 4.69) is 68.5 Å². The lowest BCUT2D eigenvalue weighted by atomic mass is 9.83. The summed E-state index contributed by atoms with van der Waals surface area (Å²) < 4.78 is 44.5. The van der Waals surface area contributed by atoms with Crippen molar-refractivity contribution in [3.8, 4) is 0 Å². The number of carbonyl (C=O) groups is 17. The minimum absolute atomic E-state index is 0.00888. The fraction of sp³-hybridized carbons (Fsp3) is 0.590. The first-order valence-corrected chi connectivity index (χ1v) is 41.2. The van der Waals surface area contributed by atoms with Crippen LogP contribution in [0.5, 0.6) is 0 Å². The van der Waals surface area contributed by atoms with E-state index >= 15 is 28.8 Å². The van der Waals surface area contributed by atoms with Gasteiger partial charge in [-0.1, -0.05) is 111 Å². The van der Waals surface area contributed by atoms with E-state index in [0.29, 0.717) is 44.7 Å². The Hall–Kier alpha value is -11.9. The zero-order valence-electron chi connectivity index (χ0n) is 70.3. The number of benzene rings is 2.